The highest BCUT2D eigenvalue weighted by atomic mass is 79.9. The smallest absolute Gasteiger partial charge is 0.264 e. The molecule has 0 aliphatic carbocycles. The zero-order valence-corrected chi connectivity index (χ0v) is 19.4. The number of carbonyl (C=O) groups is 2. The van der Waals surface area contributed by atoms with Crippen LogP contribution in [0.1, 0.15) is 44.6 Å². The molecule has 0 fully saturated rings. The molecule has 0 radical (unpaired) electrons. The number of aliphatic hydroxyl groups is 1. The monoisotopic (exact) mass is 477 g/mol. The number of aryl methyl sites for hydroxylation is 3. The third-order valence-corrected chi connectivity index (χ3v) is 6.36. The van der Waals surface area contributed by atoms with Gasteiger partial charge in [-0.15, -0.1) is 0 Å². The van der Waals surface area contributed by atoms with Crippen molar-refractivity contribution in [1.82, 2.24) is 0 Å². The van der Waals surface area contributed by atoms with Crippen molar-refractivity contribution >= 4 is 33.3 Å². The van der Waals surface area contributed by atoms with Gasteiger partial charge in [0, 0.05) is 15.6 Å². The fourth-order valence-electron chi connectivity index (χ4n) is 4.09. The van der Waals surface area contributed by atoms with Gasteiger partial charge in [0.25, 0.3) is 5.91 Å². The highest BCUT2D eigenvalue weighted by Crippen LogP contribution is 2.45. The number of nitrogens with zero attached hydrogens (tertiary/aromatic N) is 1. The van der Waals surface area contributed by atoms with Gasteiger partial charge in [0.2, 0.25) is 0 Å². The van der Waals surface area contributed by atoms with E-state index < -0.39 is 11.5 Å². The van der Waals surface area contributed by atoms with Crippen molar-refractivity contribution in [3.05, 3.63) is 98.5 Å². The van der Waals surface area contributed by atoms with Crippen LogP contribution in [-0.2, 0) is 16.9 Å². The summed E-state index contributed by atoms with van der Waals surface area (Å²) in [5, 5.41) is 11.6. The van der Waals surface area contributed by atoms with E-state index >= 15 is 0 Å². The Kier molecular flexibility index (Phi) is 5.58. The van der Waals surface area contributed by atoms with Crippen LogP contribution in [0.4, 0.5) is 5.69 Å². The molecule has 31 heavy (non-hydrogen) atoms. The van der Waals surface area contributed by atoms with Crippen LogP contribution in [0.25, 0.3) is 0 Å². The summed E-state index contributed by atoms with van der Waals surface area (Å²) in [6.45, 7) is 6.12. The summed E-state index contributed by atoms with van der Waals surface area (Å²) >= 11 is 3.44. The molecular weight excluding hydrogens is 454 g/mol. The van der Waals surface area contributed by atoms with Crippen LogP contribution >= 0.6 is 15.9 Å². The summed E-state index contributed by atoms with van der Waals surface area (Å²) < 4.78 is 0.744. The fraction of sp³-hybridized carbons (Fsp3) is 0.231. The number of rotatable bonds is 5. The molecule has 1 heterocycles. The van der Waals surface area contributed by atoms with Crippen molar-refractivity contribution in [2.45, 2.75) is 39.3 Å². The number of ketones is 1. The first-order chi connectivity index (χ1) is 14.7. The highest BCUT2D eigenvalue weighted by molar-refractivity contribution is 9.10. The molecule has 0 saturated heterocycles. The summed E-state index contributed by atoms with van der Waals surface area (Å²) in [4.78, 5) is 28.2. The average molecular weight is 478 g/mol. The highest BCUT2D eigenvalue weighted by Gasteiger charge is 2.51. The lowest BCUT2D eigenvalue weighted by atomic mass is 9.87. The molecule has 5 heteroatoms. The third-order valence-electron chi connectivity index (χ3n) is 5.87. The predicted octanol–water partition coefficient (Wildman–Crippen LogP) is 5.38. The molecule has 0 aromatic heterocycles. The van der Waals surface area contributed by atoms with Crippen LogP contribution in [0.2, 0.25) is 0 Å². The maximum absolute atomic E-state index is 13.5. The summed E-state index contributed by atoms with van der Waals surface area (Å²) in [7, 11) is 0. The summed E-state index contributed by atoms with van der Waals surface area (Å²) in [6, 6.07) is 19.0. The number of benzene rings is 3. The number of anilines is 1. The van der Waals surface area contributed by atoms with E-state index in [1.54, 1.807) is 11.0 Å². The Labute approximate surface area is 190 Å². The minimum atomic E-state index is -1.91. The number of hydrogen-bond donors (Lipinski definition) is 1. The third kappa shape index (κ3) is 3.95. The number of halogens is 1. The zero-order chi connectivity index (χ0) is 22.3. The van der Waals surface area contributed by atoms with Crippen molar-refractivity contribution in [1.29, 1.82) is 0 Å². The number of carbonyl (C=O) groups excluding carboxylic acids is 2. The van der Waals surface area contributed by atoms with Crippen LogP contribution in [0.3, 0.4) is 0 Å². The maximum Gasteiger partial charge on any atom is 0.264 e. The van der Waals surface area contributed by atoms with E-state index in [0.29, 0.717) is 23.4 Å². The molecule has 3 aromatic rings. The average Bonchev–Trinajstić information content (AvgIpc) is 2.92. The van der Waals surface area contributed by atoms with Gasteiger partial charge in [-0.05, 0) is 56.2 Å². The van der Waals surface area contributed by atoms with E-state index in [4.69, 9.17) is 0 Å². The minimum Gasteiger partial charge on any atom is -0.375 e. The van der Waals surface area contributed by atoms with Crippen molar-refractivity contribution in [2.75, 3.05) is 4.90 Å². The first-order valence-electron chi connectivity index (χ1n) is 10.2. The van der Waals surface area contributed by atoms with Crippen molar-refractivity contribution in [2.24, 2.45) is 0 Å². The molecule has 0 saturated carbocycles. The Morgan fingerprint density at radius 1 is 0.968 bits per heavy atom. The van der Waals surface area contributed by atoms with Gasteiger partial charge in [0.15, 0.2) is 11.4 Å². The Morgan fingerprint density at radius 3 is 2.35 bits per heavy atom. The van der Waals surface area contributed by atoms with Gasteiger partial charge < -0.3 is 10.0 Å². The van der Waals surface area contributed by atoms with Gasteiger partial charge >= 0.3 is 0 Å². The largest absolute Gasteiger partial charge is 0.375 e. The molecule has 1 amide bonds. The molecule has 1 aliphatic rings. The number of amides is 1. The number of hydrogen-bond acceptors (Lipinski definition) is 3. The van der Waals surface area contributed by atoms with E-state index in [9.17, 15) is 14.7 Å². The molecule has 4 nitrogen and oxygen atoms in total. The molecule has 158 valence electrons. The molecule has 0 bridgehead atoms. The van der Waals surface area contributed by atoms with Crippen LogP contribution < -0.4 is 4.90 Å². The molecular formula is C26H24BrNO3. The fourth-order valence-corrected chi connectivity index (χ4v) is 4.45. The molecule has 4 rings (SSSR count). The maximum atomic E-state index is 13.5. The van der Waals surface area contributed by atoms with E-state index in [1.807, 2.05) is 75.4 Å². The van der Waals surface area contributed by atoms with Crippen molar-refractivity contribution in [3.63, 3.8) is 0 Å². The molecule has 1 aliphatic heterocycles. The zero-order valence-electron chi connectivity index (χ0n) is 17.8. The quantitative estimate of drug-likeness (QED) is 0.501. The Morgan fingerprint density at radius 2 is 1.65 bits per heavy atom. The normalized spacial score (nSPS) is 17.7. The lowest BCUT2D eigenvalue weighted by Crippen LogP contribution is -2.41. The molecule has 0 spiro atoms. The topological polar surface area (TPSA) is 57.6 Å². The van der Waals surface area contributed by atoms with E-state index in [1.165, 1.54) is 0 Å². The van der Waals surface area contributed by atoms with E-state index in [0.717, 1.165) is 26.7 Å². The Balaban J connectivity index is 1.72. The lowest BCUT2D eigenvalue weighted by molar-refractivity contribution is -0.136. The molecule has 1 N–H and O–H groups in total. The van der Waals surface area contributed by atoms with Crippen LogP contribution in [0.5, 0.6) is 0 Å². The SMILES string of the molecule is Cc1ccc(CN2C(=O)C(O)(CC(=O)c3cc(C)ccc3C)c3cc(Br)ccc32)cc1. The van der Waals surface area contributed by atoms with E-state index in [2.05, 4.69) is 15.9 Å². The number of Topliss-reactive ketones (excluding diaryl/α,β-unsaturated/α-hetero) is 1. The van der Waals surface area contributed by atoms with Crippen LogP contribution in [0.15, 0.2) is 65.1 Å². The minimum absolute atomic E-state index is 0.250. The second kappa shape index (κ2) is 8.06. The summed E-state index contributed by atoms with van der Waals surface area (Å²) in [6.07, 6.45) is -0.302. The lowest BCUT2D eigenvalue weighted by Gasteiger charge is -2.23. The van der Waals surface area contributed by atoms with Gasteiger partial charge in [-0.1, -0.05) is 63.5 Å². The van der Waals surface area contributed by atoms with Gasteiger partial charge in [-0.2, -0.15) is 0 Å². The Bertz CT molecular complexity index is 1190. The summed E-state index contributed by atoms with van der Waals surface area (Å²) in [5.41, 5.74) is 3.60. The first-order valence-corrected chi connectivity index (χ1v) is 11.0. The number of fused-ring (bicyclic) bond motifs is 1. The molecule has 1 atom stereocenters. The van der Waals surface area contributed by atoms with Gasteiger partial charge in [-0.3, -0.25) is 9.59 Å². The molecule has 3 aromatic carbocycles. The predicted molar refractivity (Wildman–Crippen MR) is 125 cm³/mol. The van der Waals surface area contributed by atoms with Gasteiger partial charge in [0.1, 0.15) is 0 Å². The van der Waals surface area contributed by atoms with Crippen LogP contribution in [-0.4, -0.2) is 16.8 Å². The molecule has 1 unspecified atom stereocenters. The summed E-state index contributed by atoms with van der Waals surface area (Å²) in [5.74, 6) is -0.722. The van der Waals surface area contributed by atoms with E-state index in [-0.39, 0.29) is 12.2 Å². The standard InChI is InChI=1S/C26H24BrNO3/c1-16-5-8-19(9-6-16)15-28-23-11-10-20(27)13-22(23)26(31,25(28)30)14-24(29)21-12-17(2)4-7-18(21)3/h4-13,31H,14-15H2,1-3H3. The second-order valence-electron chi connectivity index (χ2n) is 8.32. The van der Waals surface area contributed by atoms with Crippen molar-refractivity contribution < 1.29 is 14.7 Å². The van der Waals surface area contributed by atoms with Gasteiger partial charge in [-0.25, -0.2) is 0 Å². The van der Waals surface area contributed by atoms with Crippen LogP contribution in [0, 0.1) is 20.8 Å². The second-order valence-corrected chi connectivity index (χ2v) is 9.23. The Hall–Kier alpha value is -2.76. The van der Waals surface area contributed by atoms with Gasteiger partial charge in [0.05, 0.1) is 18.7 Å². The van der Waals surface area contributed by atoms with Crippen molar-refractivity contribution in [3.8, 4) is 0 Å². The first kappa shape index (κ1) is 21.5.